The Kier molecular flexibility index (Phi) is 6.80. The lowest BCUT2D eigenvalue weighted by molar-refractivity contribution is 0.0746. The average Bonchev–Trinajstić information content (AvgIpc) is 2.87. The highest BCUT2D eigenvalue weighted by Gasteiger charge is 2.25. The molecular weight excluding hydrogens is 404 g/mol. The summed E-state index contributed by atoms with van der Waals surface area (Å²) in [6.07, 6.45) is 0. The van der Waals surface area contributed by atoms with E-state index in [-0.39, 0.29) is 5.91 Å². The van der Waals surface area contributed by atoms with Gasteiger partial charge >= 0.3 is 0 Å². The van der Waals surface area contributed by atoms with Gasteiger partial charge in [0, 0.05) is 37.4 Å². The first-order chi connectivity index (χ1) is 15.7. The Hall–Kier alpha value is -3.67. The van der Waals surface area contributed by atoms with Crippen molar-refractivity contribution in [1.82, 2.24) is 4.90 Å². The van der Waals surface area contributed by atoms with Gasteiger partial charge in [-0.05, 0) is 29.8 Å². The summed E-state index contributed by atoms with van der Waals surface area (Å²) in [6.45, 7) is 3.28. The Morgan fingerprint density at radius 1 is 0.812 bits per heavy atom. The average molecular weight is 433 g/mol. The minimum atomic E-state index is -0.0380. The van der Waals surface area contributed by atoms with Gasteiger partial charge in [-0.1, -0.05) is 48.5 Å². The maximum atomic E-state index is 13.2. The SMILES string of the molecule is COc1cc(C(=O)N2CCN(c3ccccc3)CC2)cc(OC)c1OCc1ccccc1. The number of ether oxygens (including phenoxy) is 3. The number of carbonyl (C=O) groups excluding carboxylic acids is 1. The number of amides is 1. The Balaban J connectivity index is 1.48. The molecule has 4 rings (SSSR count). The highest BCUT2D eigenvalue weighted by Crippen LogP contribution is 2.39. The van der Waals surface area contributed by atoms with Gasteiger partial charge in [0.15, 0.2) is 11.5 Å². The molecule has 1 fully saturated rings. The van der Waals surface area contributed by atoms with Crippen LogP contribution in [-0.4, -0.2) is 51.2 Å². The van der Waals surface area contributed by atoms with Crippen LogP contribution in [0.15, 0.2) is 72.8 Å². The Morgan fingerprint density at radius 3 is 1.94 bits per heavy atom. The summed E-state index contributed by atoms with van der Waals surface area (Å²) in [4.78, 5) is 17.4. The zero-order chi connectivity index (χ0) is 22.3. The van der Waals surface area contributed by atoms with Crippen LogP contribution in [0, 0.1) is 0 Å². The van der Waals surface area contributed by atoms with Gasteiger partial charge < -0.3 is 24.0 Å². The Bertz CT molecular complexity index is 1010. The molecule has 6 heteroatoms. The van der Waals surface area contributed by atoms with Gasteiger partial charge in [0.1, 0.15) is 6.61 Å². The Labute approximate surface area is 188 Å². The minimum Gasteiger partial charge on any atom is -0.493 e. The summed E-state index contributed by atoms with van der Waals surface area (Å²) in [5.74, 6) is 1.41. The first kappa shape index (κ1) is 21.6. The molecule has 0 spiro atoms. The number of benzene rings is 3. The topological polar surface area (TPSA) is 51.2 Å². The molecule has 0 aliphatic carbocycles. The molecule has 166 valence electrons. The van der Waals surface area contributed by atoms with Crippen LogP contribution in [0.25, 0.3) is 0 Å². The van der Waals surface area contributed by atoms with Crippen LogP contribution in [0.4, 0.5) is 5.69 Å². The normalized spacial score (nSPS) is 13.6. The summed E-state index contributed by atoms with van der Waals surface area (Å²) >= 11 is 0. The molecule has 1 aliphatic heterocycles. The monoisotopic (exact) mass is 432 g/mol. The first-order valence-corrected chi connectivity index (χ1v) is 10.7. The number of methoxy groups -OCH3 is 2. The molecule has 1 saturated heterocycles. The summed E-state index contributed by atoms with van der Waals surface area (Å²) in [7, 11) is 3.13. The van der Waals surface area contributed by atoms with Gasteiger partial charge in [-0.25, -0.2) is 0 Å². The van der Waals surface area contributed by atoms with Crippen molar-refractivity contribution < 1.29 is 19.0 Å². The van der Waals surface area contributed by atoms with Gasteiger partial charge in [0.2, 0.25) is 5.75 Å². The van der Waals surface area contributed by atoms with E-state index in [1.807, 2.05) is 53.4 Å². The van der Waals surface area contributed by atoms with Crippen molar-refractivity contribution in [2.75, 3.05) is 45.3 Å². The van der Waals surface area contributed by atoms with Crippen LogP contribution in [0.1, 0.15) is 15.9 Å². The molecule has 1 amide bonds. The number of carbonyl (C=O) groups is 1. The second kappa shape index (κ2) is 10.1. The fourth-order valence-electron chi connectivity index (χ4n) is 3.86. The van der Waals surface area contributed by atoms with Crippen LogP contribution in [0.3, 0.4) is 0 Å². The predicted octanol–water partition coefficient (Wildman–Crippen LogP) is 4.25. The highest BCUT2D eigenvalue weighted by atomic mass is 16.5. The summed E-state index contributed by atoms with van der Waals surface area (Å²) in [6, 6.07) is 23.6. The van der Waals surface area contributed by atoms with Crippen molar-refractivity contribution in [2.24, 2.45) is 0 Å². The van der Waals surface area contributed by atoms with E-state index in [0.29, 0.717) is 42.5 Å². The zero-order valence-corrected chi connectivity index (χ0v) is 18.5. The number of anilines is 1. The molecule has 1 aliphatic rings. The minimum absolute atomic E-state index is 0.0380. The molecule has 0 bridgehead atoms. The van der Waals surface area contributed by atoms with E-state index in [1.54, 1.807) is 26.4 Å². The molecule has 32 heavy (non-hydrogen) atoms. The quantitative estimate of drug-likeness (QED) is 0.559. The molecular formula is C26H28N2O4. The molecule has 3 aromatic rings. The van der Waals surface area contributed by atoms with Crippen molar-refractivity contribution in [1.29, 1.82) is 0 Å². The maximum absolute atomic E-state index is 13.2. The van der Waals surface area contributed by atoms with Crippen molar-refractivity contribution in [3.63, 3.8) is 0 Å². The first-order valence-electron chi connectivity index (χ1n) is 10.7. The molecule has 0 unspecified atom stereocenters. The van der Waals surface area contributed by atoms with Crippen LogP contribution in [0.5, 0.6) is 17.2 Å². The molecule has 3 aromatic carbocycles. The van der Waals surface area contributed by atoms with E-state index in [2.05, 4.69) is 17.0 Å². The van der Waals surface area contributed by atoms with E-state index in [9.17, 15) is 4.79 Å². The van der Waals surface area contributed by atoms with Crippen LogP contribution < -0.4 is 19.1 Å². The van der Waals surface area contributed by atoms with E-state index in [0.717, 1.165) is 18.7 Å². The lowest BCUT2D eigenvalue weighted by atomic mass is 10.1. The van der Waals surface area contributed by atoms with Gasteiger partial charge in [-0.3, -0.25) is 4.79 Å². The number of piperazine rings is 1. The van der Waals surface area contributed by atoms with Crippen molar-refractivity contribution in [3.8, 4) is 17.2 Å². The maximum Gasteiger partial charge on any atom is 0.254 e. The number of hydrogen-bond acceptors (Lipinski definition) is 5. The lowest BCUT2D eigenvalue weighted by Gasteiger charge is -2.36. The summed E-state index contributed by atoms with van der Waals surface area (Å²) in [5, 5.41) is 0. The number of rotatable bonds is 7. The standard InChI is InChI=1S/C26H28N2O4/c1-30-23-17-21(18-24(31-2)25(23)32-19-20-9-5-3-6-10-20)26(29)28-15-13-27(14-16-28)22-11-7-4-8-12-22/h3-12,17-18H,13-16,19H2,1-2H3. The number of hydrogen-bond donors (Lipinski definition) is 0. The van der Waals surface area contributed by atoms with Gasteiger partial charge in [-0.15, -0.1) is 0 Å². The van der Waals surface area contributed by atoms with Crippen LogP contribution >= 0.6 is 0 Å². The van der Waals surface area contributed by atoms with Crippen molar-refractivity contribution in [2.45, 2.75) is 6.61 Å². The fourth-order valence-corrected chi connectivity index (χ4v) is 3.86. The predicted molar refractivity (Wildman–Crippen MR) is 125 cm³/mol. The summed E-state index contributed by atoms with van der Waals surface area (Å²) in [5.41, 5.74) is 2.75. The van der Waals surface area contributed by atoms with E-state index < -0.39 is 0 Å². The zero-order valence-electron chi connectivity index (χ0n) is 18.5. The third-order valence-electron chi connectivity index (χ3n) is 5.62. The second-order valence-electron chi connectivity index (χ2n) is 7.60. The molecule has 0 radical (unpaired) electrons. The third-order valence-corrected chi connectivity index (χ3v) is 5.62. The highest BCUT2D eigenvalue weighted by molar-refractivity contribution is 5.95. The molecule has 6 nitrogen and oxygen atoms in total. The van der Waals surface area contributed by atoms with Gasteiger partial charge in [-0.2, -0.15) is 0 Å². The van der Waals surface area contributed by atoms with Gasteiger partial charge in [0.25, 0.3) is 5.91 Å². The van der Waals surface area contributed by atoms with Crippen LogP contribution in [0.2, 0.25) is 0 Å². The second-order valence-corrected chi connectivity index (χ2v) is 7.60. The van der Waals surface area contributed by atoms with Gasteiger partial charge in [0.05, 0.1) is 14.2 Å². The third kappa shape index (κ3) is 4.80. The Morgan fingerprint density at radius 2 is 1.38 bits per heavy atom. The van der Waals surface area contributed by atoms with Crippen molar-refractivity contribution >= 4 is 11.6 Å². The van der Waals surface area contributed by atoms with Crippen molar-refractivity contribution in [3.05, 3.63) is 83.9 Å². The van der Waals surface area contributed by atoms with Crippen LogP contribution in [-0.2, 0) is 6.61 Å². The van der Waals surface area contributed by atoms with E-state index >= 15 is 0 Å². The largest absolute Gasteiger partial charge is 0.493 e. The van der Waals surface area contributed by atoms with E-state index in [4.69, 9.17) is 14.2 Å². The van der Waals surface area contributed by atoms with E-state index in [1.165, 1.54) is 5.69 Å². The summed E-state index contributed by atoms with van der Waals surface area (Å²) < 4.78 is 17.1. The molecule has 0 atom stereocenters. The lowest BCUT2D eigenvalue weighted by Crippen LogP contribution is -2.48. The smallest absolute Gasteiger partial charge is 0.254 e. The molecule has 0 N–H and O–H groups in total. The fraction of sp³-hybridized carbons (Fsp3) is 0.269. The number of nitrogens with zero attached hydrogens (tertiary/aromatic N) is 2. The molecule has 0 saturated carbocycles. The number of para-hydroxylation sites is 1. The molecule has 0 aromatic heterocycles. The molecule has 1 heterocycles.